The first-order valence-corrected chi connectivity index (χ1v) is 8.02. The van der Waals surface area contributed by atoms with E-state index in [9.17, 15) is 4.79 Å². The number of nitrogens with one attached hydrogen (secondary N) is 1. The van der Waals surface area contributed by atoms with Crippen LogP contribution < -0.4 is 5.32 Å². The molecule has 1 aromatic carbocycles. The lowest BCUT2D eigenvalue weighted by Gasteiger charge is -2.06. The van der Waals surface area contributed by atoms with Crippen molar-refractivity contribution in [2.75, 3.05) is 6.54 Å². The van der Waals surface area contributed by atoms with Crippen LogP contribution in [0.25, 0.3) is 0 Å². The number of rotatable bonds is 6. The van der Waals surface area contributed by atoms with Gasteiger partial charge in [0.25, 0.3) is 0 Å². The number of nitrogens with zero attached hydrogens (tertiary/aromatic N) is 2. The predicted octanol–water partition coefficient (Wildman–Crippen LogP) is 2.96. The second-order valence-electron chi connectivity index (χ2n) is 5.45. The average molecular weight is 348 g/mol. The van der Waals surface area contributed by atoms with Gasteiger partial charge < -0.3 is 9.88 Å². The van der Waals surface area contributed by atoms with Gasteiger partial charge in [-0.3, -0.25) is 4.79 Å². The van der Waals surface area contributed by atoms with Crippen molar-refractivity contribution in [3.05, 3.63) is 53.0 Å². The van der Waals surface area contributed by atoms with Crippen LogP contribution in [-0.2, 0) is 11.3 Å². The minimum absolute atomic E-state index is 0.152. The number of carbonyl (C=O) groups is 1. The predicted molar refractivity (Wildman–Crippen MR) is 84.8 cm³/mol. The molecule has 1 amide bonds. The number of aromatic nitrogens is 2. The SMILES string of the molecule is O=C(NCCCn1ccnc1)[C@H]1C[C@@H]1c1ccc(Br)cc1. The fourth-order valence-corrected chi connectivity index (χ4v) is 2.85. The first-order chi connectivity index (χ1) is 10.2. The second kappa shape index (κ2) is 6.43. The highest BCUT2D eigenvalue weighted by atomic mass is 79.9. The Balaban J connectivity index is 1.40. The molecule has 1 aliphatic carbocycles. The highest BCUT2D eigenvalue weighted by molar-refractivity contribution is 9.10. The van der Waals surface area contributed by atoms with Crippen molar-refractivity contribution in [3.8, 4) is 0 Å². The van der Waals surface area contributed by atoms with E-state index in [-0.39, 0.29) is 11.8 Å². The van der Waals surface area contributed by atoms with Gasteiger partial charge in [0.1, 0.15) is 0 Å². The average Bonchev–Trinajstić information content (AvgIpc) is 3.12. The van der Waals surface area contributed by atoms with Crippen molar-refractivity contribution in [3.63, 3.8) is 0 Å². The number of carbonyl (C=O) groups excluding carboxylic acids is 1. The van der Waals surface area contributed by atoms with Gasteiger partial charge in [-0.15, -0.1) is 0 Å². The number of benzene rings is 1. The van der Waals surface area contributed by atoms with Gasteiger partial charge >= 0.3 is 0 Å². The largest absolute Gasteiger partial charge is 0.356 e. The van der Waals surface area contributed by atoms with Gasteiger partial charge in [0.05, 0.1) is 6.33 Å². The maximum Gasteiger partial charge on any atom is 0.223 e. The molecule has 0 saturated heterocycles. The van der Waals surface area contributed by atoms with Crippen LogP contribution >= 0.6 is 15.9 Å². The zero-order valence-electron chi connectivity index (χ0n) is 11.7. The summed E-state index contributed by atoms with van der Waals surface area (Å²) in [6, 6.07) is 8.27. The monoisotopic (exact) mass is 347 g/mol. The van der Waals surface area contributed by atoms with E-state index in [2.05, 4.69) is 38.4 Å². The maximum atomic E-state index is 12.1. The molecule has 0 aliphatic heterocycles. The molecule has 21 heavy (non-hydrogen) atoms. The van der Waals surface area contributed by atoms with Crippen LogP contribution in [0.4, 0.5) is 0 Å². The Morgan fingerprint density at radius 2 is 2.19 bits per heavy atom. The quantitative estimate of drug-likeness (QED) is 0.816. The Kier molecular flexibility index (Phi) is 4.39. The Bertz CT molecular complexity index is 594. The van der Waals surface area contributed by atoms with Crippen LogP contribution in [0.2, 0.25) is 0 Å². The van der Waals surface area contributed by atoms with E-state index >= 15 is 0 Å². The lowest BCUT2D eigenvalue weighted by Crippen LogP contribution is -2.27. The summed E-state index contributed by atoms with van der Waals surface area (Å²) in [6.07, 6.45) is 7.40. The number of aryl methyl sites for hydroxylation is 1. The van der Waals surface area contributed by atoms with E-state index in [1.807, 2.05) is 22.9 Å². The molecular formula is C16H18BrN3O. The summed E-state index contributed by atoms with van der Waals surface area (Å²) in [5, 5.41) is 3.04. The number of hydrogen-bond acceptors (Lipinski definition) is 2. The number of imidazole rings is 1. The standard InChI is InChI=1S/C16H18BrN3O/c17-13-4-2-12(3-5-13)14-10-15(14)16(21)19-6-1-8-20-9-7-18-11-20/h2-5,7,9,11,14-15H,1,6,8,10H2,(H,19,21)/t14-,15+/m1/s1. The maximum absolute atomic E-state index is 12.1. The van der Waals surface area contributed by atoms with Crippen molar-refractivity contribution in [1.29, 1.82) is 0 Å². The third-order valence-electron chi connectivity index (χ3n) is 3.88. The second-order valence-corrected chi connectivity index (χ2v) is 6.36. The first-order valence-electron chi connectivity index (χ1n) is 7.23. The fourth-order valence-electron chi connectivity index (χ4n) is 2.59. The van der Waals surface area contributed by atoms with Gasteiger partial charge in [-0.05, 0) is 36.5 Å². The molecule has 5 heteroatoms. The van der Waals surface area contributed by atoms with E-state index in [4.69, 9.17) is 0 Å². The topological polar surface area (TPSA) is 46.9 Å². The molecule has 1 N–H and O–H groups in total. The van der Waals surface area contributed by atoms with Gasteiger partial charge in [0, 0.05) is 35.9 Å². The van der Waals surface area contributed by atoms with E-state index in [1.165, 1.54) is 5.56 Å². The molecule has 0 spiro atoms. The molecule has 1 fully saturated rings. The Morgan fingerprint density at radius 3 is 2.90 bits per heavy atom. The van der Waals surface area contributed by atoms with Crippen LogP contribution in [-0.4, -0.2) is 22.0 Å². The third-order valence-corrected chi connectivity index (χ3v) is 4.41. The Hall–Kier alpha value is -1.62. The zero-order valence-corrected chi connectivity index (χ0v) is 13.3. The lowest BCUT2D eigenvalue weighted by molar-refractivity contribution is -0.122. The van der Waals surface area contributed by atoms with Crippen molar-refractivity contribution in [1.82, 2.24) is 14.9 Å². The zero-order chi connectivity index (χ0) is 14.7. The number of amides is 1. The number of hydrogen-bond donors (Lipinski definition) is 1. The van der Waals surface area contributed by atoms with E-state index in [0.29, 0.717) is 5.92 Å². The lowest BCUT2D eigenvalue weighted by atomic mass is 10.1. The summed E-state index contributed by atoms with van der Waals surface area (Å²) < 4.78 is 3.10. The molecule has 1 saturated carbocycles. The van der Waals surface area contributed by atoms with E-state index < -0.39 is 0 Å². The molecule has 0 bridgehead atoms. The summed E-state index contributed by atoms with van der Waals surface area (Å²) in [4.78, 5) is 16.1. The minimum atomic E-state index is 0.152. The minimum Gasteiger partial charge on any atom is -0.356 e. The molecule has 0 radical (unpaired) electrons. The molecule has 4 nitrogen and oxygen atoms in total. The molecule has 1 aliphatic rings. The van der Waals surface area contributed by atoms with Gasteiger partial charge in [0.15, 0.2) is 0 Å². The van der Waals surface area contributed by atoms with Gasteiger partial charge in [-0.2, -0.15) is 0 Å². The van der Waals surface area contributed by atoms with Crippen molar-refractivity contribution in [2.45, 2.75) is 25.3 Å². The van der Waals surface area contributed by atoms with Gasteiger partial charge in [0.2, 0.25) is 5.91 Å². The summed E-state index contributed by atoms with van der Waals surface area (Å²) in [7, 11) is 0. The molecule has 1 aromatic heterocycles. The smallest absolute Gasteiger partial charge is 0.223 e. The summed E-state index contributed by atoms with van der Waals surface area (Å²) in [5.41, 5.74) is 1.26. The molecule has 110 valence electrons. The molecule has 0 unspecified atom stereocenters. The van der Waals surface area contributed by atoms with Crippen LogP contribution in [0, 0.1) is 5.92 Å². The highest BCUT2D eigenvalue weighted by Gasteiger charge is 2.43. The van der Waals surface area contributed by atoms with Crippen molar-refractivity contribution in [2.24, 2.45) is 5.92 Å². The third kappa shape index (κ3) is 3.73. The normalized spacial score (nSPS) is 20.2. The van der Waals surface area contributed by atoms with Crippen LogP contribution in [0.1, 0.15) is 24.3 Å². The highest BCUT2D eigenvalue weighted by Crippen LogP contribution is 2.47. The first kappa shape index (κ1) is 14.3. The summed E-state index contributed by atoms with van der Waals surface area (Å²) >= 11 is 3.43. The van der Waals surface area contributed by atoms with Crippen LogP contribution in [0.3, 0.4) is 0 Å². The van der Waals surface area contributed by atoms with Crippen molar-refractivity contribution < 1.29 is 4.79 Å². The summed E-state index contributed by atoms with van der Waals surface area (Å²) in [5.74, 6) is 0.736. The Labute approximate surface area is 132 Å². The molecule has 3 rings (SSSR count). The molecule has 2 aromatic rings. The van der Waals surface area contributed by atoms with Gasteiger partial charge in [-0.25, -0.2) is 4.98 Å². The van der Waals surface area contributed by atoms with E-state index in [1.54, 1.807) is 12.5 Å². The van der Waals surface area contributed by atoms with Crippen LogP contribution in [0.5, 0.6) is 0 Å². The molecular weight excluding hydrogens is 330 g/mol. The Morgan fingerprint density at radius 1 is 1.38 bits per heavy atom. The molecule has 1 heterocycles. The van der Waals surface area contributed by atoms with E-state index in [0.717, 1.165) is 30.4 Å². The fraction of sp³-hybridized carbons (Fsp3) is 0.375. The summed E-state index contributed by atoms with van der Waals surface area (Å²) in [6.45, 7) is 1.61. The van der Waals surface area contributed by atoms with Gasteiger partial charge in [-0.1, -0.05) is 28.1 Å². The molecule has 2 atom stereocenters. The number of halogens is 1. The van der Waals surface area contributed by atoms with Crippen LogP contribution in [0.15, 0.2) is 47.5 Å². The van der Waals surface area contributed by atoms with Crippen molar-refractivity contribution >= 4 is 21.8 Å².